The third-order valence-electron chi connectivity index (χ3n) is 2.92. The molecule has 23 heavy (non-hydrogen) atoms. The van der Waals surface area contributed by atoms with Crippen LogP contribution in [0.25, 0.3) is 0 Å². The Morgan fingerprint density at radius 3 is 2.48 bits per heavy atom. The average Bonchev–Trinajstić information content (AvgIpc) is 2.40. The molecule has 1 amide bonds. The van der Waals surface area contributed by atoms with Gasteiger partial charge in [-0.3, -0.25) is 9.52 Å². The molecule has 2 aromatic carbocycles. The Labute approximate surface area is 133 Å². The van der Waals surface area contributed by atoms with Crippen molar-refractivity contribution in [1.82, 2.24) is 0 Å². The second-order valence-electron chi connectivity index (χ2n) is 5.04. The summed E-state index contributed by atoms with van der Waals surface area (Å²) in [6.07, 6.45) is 0.891. The Morgan fingerprint density at radius 1 is 1.17 bits per heavy atom. The predicted octanol–water partition coefficient (Wildman–Crippen LogP) is 2.46. The molecule has 0 saturated carbocycles. The molecule has 0 aliphatic carbocycles. The number of carbonyl (C=O) groups is 1. The Kier molecular flexibility index (Phi) is 4.55. The highest BCUT2D eigenvalue weighted by atomic mass is 32.2. The van der Waals surface area contributed by atoms with Gasteiger partial charge in [0, 0.05) is 5.69 Å². The SMILES string of the molecule is Cc1ccc(C(=O)Nc2ccc(F)c(NS(C)(=O)=O)c2)c(O)c1. The number of phenols is 1. The summed E-state index contributed by atoms with van der Waals surface area (Å²) in [5.74, 6) is -1.55. The summed E-state index contributed by atoms with van der Waals surface area (Å²) < 4.78 is 38.0. The van der Waals surface area contributed by atoms with E-state index >= 15 is 0 Å². The van der Waals surface area contributed by atoms with Crippen molar-refractivity contribution in [2.75, 3.05) is 16.3 Å². The van der Waals surface area contributed by atoms with Crippen molar-refractivity contribution < 1.29 is 22.7 Å². The van der Waals surface area contributed by atoms with Gasteiger partial charge in [0.1, 0.15) is 11.6 Å². The lowest BCUT2D eigenvalue weighted by atomic mass is 10.1. The van der Waals surface area contributed by atoms with Crippen molar-refractivity contribution >= 4 is 27.3 Å². The summed E-state index contributed by atoms with van der Waals surface area (Å²) in [7, 11) is -3.65. The fourth-order valence-corrected chi connectivity index (χ4v) is 2.47. The van der Waals surface area contributed by atoms with Crippen LogP contribution in [0.4, 0.5) is 15.8 Å². The number of amides is 1. The number of aryl methyl sites for hydroxylation is 1. The molecule has 0 fully saturated rings. The molecule has 0 saturated heterocycles. The van der Waals surface area contributed by atoms with Gasteiger partial charge in [0.05, 0.1) is 17.5 Å². The number of phenolic OH excluding ortho intramolecular Hbond substituents is 1. The number of nitrogens with one attached hydrogen (secondary N) is 2. The fraction of sp³-hybridized carbons (Fsp3) is 0.133. The zero-order valence-electron chi connectivity index (χ0n) is 12.4. The van der Waals surface area contributed by atoms with Crippen molar-refractivity contribution in [2.24, 2.45) is 0 Å². The summed E-state index contributed by atoms with van der Waals surface area (Å²) in [5.41, 5.74) is 0.749. The van der Waals surface area contributed by atoms with Gasteiger partial charge in [0.2, 0.25) is 10.0 Å². The van der Waals surface area contributed by atoms with Crippen LogP contribution in [0.15, 0.2) is 36.4 Å². The third-order valence-corrected chi connectivity index (χ3v) is 3.51. The van der Waals surface area contributed by atoms with Crippen LogP contribution in [0.2, 0.25) is 0 Å². The summed E-state index contributed by atoms with van der Waals surface area (Å²) in [6, 6.07) is 8.02. The number of anilines is 2. The normalized spacial score (nSPS) is 11.1. The zero-order valence-corrected chi connectivity index (χ0v) is 13.2. The minimum Gasteiger partial charge on any atom is -0.507 e. The first kappa shape index (κ1) is 16.8. The van der Waals surface area contributed by atoms with E-state index in [9.17, 15) is 22.7 Å². The highest BCUT2D eigenvalue weighted by Gasteiger charge is 2.13. The standard InChI is InChI=1S/C15H15FN2O4S/c1-9-3-5-11(14(19)7-9)15(20)17-10-4-6-12(16)13(8-10)18-23(2,21)22/h3-8,18-19H,1-2H3,(H,17,20). The smallest absolute Gasteiger partial charge is 0.259 e. The first-order chi connectivity index (χ1) is 10.7. The van der Waals surface area contributed by atoms with E-state index in [1.807, 2.05) is 4.72 Å². The maximum Gasteiger partial charge on any atom is 0.259 e. The molecule has 0 spiro atoms. The van der Waals surface area contributed by atoms with E-state index in [4.69, 9.17) is 0 Å². The number of hydrogen-bond donors (Lipinski definition) is 3. The molecule has 3 N–H and O–H groups in total. The van der Waals surface area contributed by atoms with Gasteiger partial charge in [-0.15, -0.1) is 0 Å². The van der Waals surface area contributed by atoms with Crippen molar-refractivity contribution in [3.05, 3.63) is 53.3 Å². The quantitative estimate of drug-likeness (QED) is 0.798. The lowest BCUT2D eigenvalue weighted by Crippen LogP contribution is -2.14. The first-order valence-electron chi connectivity index (χ1n) is 6.54. The van der Waals surface area contributed by atoms with Crippen molar-refractivity contribution in [2.45, 2.75) is 6.92 Å². The monoisotopic (exact) mass is 338 g/mol. The van der Waals surface area contributed by atoms with Crippen LogP contribution in [-0.4, -0.2) is 25.7 Å². The van der Waals surface area contributed by atoms with Gasteiger partial charge in [-0.25, -0.2) is 12.8 Å². The molecule has 122 valence electrons. The number of rotatable bonds is 4. The second-order valence-corrected chi connectivity index (χ2v) is 6.79. The Balaban J connectivity index is 2.26. The van der Waals surface area contributed by atoms with Crippen LogP contribution in [-0.2, 0) is 10.0 Å². The van der Waals surface area contributed by atoms with Gasteiger partial charge in [0.15, 0.2) is 0 Å². The van der Waals surface area contributed by atoms with E-state index in [0.717, 1.165) is 24.0 Å². The van der Waals surface area contributed by atoms with Crippen molar-refractivity contribution in [3.8, 4) is 5.75 Å². The summed E-state index contributed by atoms with van der Waals surface area (Å²) in [6.45, 7) is 1.77. The van der Waals surface area contributed by atoms with Crippen LogP contribution in [0.3, 0.4) is 0 Å². The van der Waals surface area contributed by atoms with Crippen LogP contribution < -0.4 is 10.0 Å². The molecule has 2 aromatic rings. The molecule has 0 aromatic heterocycles. The molecule has 8 heteroatoms. The maximum atomic E-state index is 13.6. The van der Waals surface area contributed by atoms with Crippen LogP contribution in [0, 0.1) is 12.7 Å². The van der Waals surface area contributed by atoms with Crippen LogP contribution in [0.5, 0.6) is 5.75 Å². The molecule has 0 heterocycles. The van der Waals surface area contributed by atoms with Crippen molar-refractivity contribution in [3.63, 3.8) is 0 Å². The van der Waals surface area contributed by atoms with E-state index in [2.05, 4.69) is 5.32 Å². The van der Waals surface area contributed by atoms with E-state index < -0.39 is 21.7 Å². The Morgan fingerprint density at radius 2 is 1.87 bits per heavy atom. The minimum atomic E-state index is -3.65. The van der Waals surface area contributed by atoms with E-state index in [0.29, 0.717) is 0 Å². The molecule has 0 bridgehead atoms. The van der Waals surface area contributed by atoms with Gasteiger partial charge in [-0.1, -0.05) is 6.07 Å². The topological polar surface area (TPSA) is 95.5 Å². The van der Waals surface area contributed by atoms with Crippen LogP contribution in [0.1, 0.15) is 15.9 Å². The maximum absolute atomic E-state index is 13.6. The Hall–Kier alpha value is -2.61. The molecule has 0 atom stereocenters. The summed E-state index contributed by atoms with van der Waals surface area (Å²) >= 11 is 0. The van der Waals surface area contributed by atoms with Gasteiger partial charge < -0.3 is 10.4 Å². The van der Waals surface area contributed by atoms with Crippen molar-refractivity contribution in [1.29, 1.82) is 0 Å². The Bertz CT molecular complexity index is 866. The molecule has 0 unspecified atom stereocenters. The molecule has 0 radical (unpaired) electrons. The number of benzene rings is 2. The average molecular weight is 338 g/mol. The number of sulfonamides is 1. The number of aromatic hydroxyl groups is 1. The van der Waals surface area contributed by atoms with Gasteiger partial charge in [-0.2, -0.15) is 0 Å². The van der Waals surface area contributed by atoms with Gasteiger partial charge in [0.25, 0.3) is 5.91 Å². The molecule has 6 nitrogen and oxygen atoms in total. The highest BCUT2D eigenvalue weighted by molar-refractivity contribution is 7.92. The molecule has 0 aliphatic heterocycles. The summed E-state index contributed by atoms with van der Waals surface area (Å²) in [5, 5.41) is 12.3. The molecule has 2 rings (SSSR count). The molecular weight excluding hydrogens is 323 g/mol. The fourth-order valence-electron chi connectivity index (χ4n) is 1.91. The van der Waals surface area contributed by atoms with E-state index in [1.165, 1.54) is 18.2 Å². The number of hydrogen-bond acceptors (Lipinski definition) is 4. The third kappa shape index (κ3) is 4.43. The minimum absolute atomic E-state index is 0.0533. The highest BCUT2D eigenvalue weighted by Crippen LogP contribution is 2.23. The summed E-state index contributed by atoms with van der Waals surface area (Å²) in [4.78, 5) is 12.1. The number of carbonyl (C=O) groups excluding carboxylic acids is 1. The molecular formula is C15H15FN2O4S. The van der Waals surface area contributed by atoms with Gasteiger partial charge >= 0.3 is 0 Å². The van der Waals surface area contributed by atoms with Crippen LogP contribution >= 0.6 is 0 Å². The first-order valence-corrected chi connectivity index (χ1v) is 8.43. The van der Waals surface area contributed by atoms with Gasteiger partial charge in [-0.05, 0) is 42.8 Å². The van der Waals surface area contributed by atoms with E-state index in [-0.39, 0.29) is 22.7 Å². The second kappa shape index (κ2) is 6.25. The molecule has 0 aliphatic rings. The lowest BCUT2D eigenvalue weighted by molar-refractivity contribution is 0.102. The predicted molar refractivity (Wildman–Crippen MR) is 85.7 cm³/mol. The number of halogens is 1. The lowest BCUT2D eigenvalue weighted by Gasteiger charge is -2.10. The van der Waals surface area contributed by atoms with E-state index in [1.54, 1.807) is 13.0 Å². The zero-order chi connectivity index (χ0) is 17.2. The largest absolute Gasteiger partial charge is 0.507 e.